The Morgan fingerprint density at radius 2 is 1.84 bits per heavy atom. The van der Waals surface area contributed by atoms with Gasteiger partial charge in [-0.15, -0.1) is 24.8 Å². The summed E-state index contributed by atoms with van der Waals surface area (Å²) in [4.78, 5) is 33.7. The molecule has 1 fully saturated rings. The van der Waals surface area contributed by atoms with E-state index in [0.717, 1.165) is 0 Å². The number of rotatable bonds is 5. The summed E-state index contributed by atoms with van der Waals surface area (Å²) in [7, 11) is 0. The predicted octanol–water partition coefficient (Wildman–Crippen LogP) is 5.50. The van der Waals surface area contributed by atoms with E-state index in [1.807, 2.05) is 18.2 Å². The smallest absolute Gasteiger partial charge is 0.410 e. The zero-order chi connectivity index (χ0) is 25.8. The molecule has 1 saturated heterocycles. The van der Waals surface area contributed by atoms with Crippen molar-refractivity contribution in [3.05, 3.63) is 78.6 Å². The summed E-state index contributed by atoms with van der Waals surface area (Å²) in [5, 5.41) is 0. The number of piperazine rings is 1. The van der Waals surface area contributed by atoms with Crippen molar-refractivity contribution in [2.24, 2.45) is 0 Å². The summed E-state index contributed by atoms with van der Waals surface area (Å²) in [6.45, 7) is 6.04. The SMILES string of the molecule is CC(C)(C)OC(=O)N1CCN(C(=O)C2(F)CC=CC=C2c2ccccc2)C(COc2cccnc2)C1.Cl.Cl. The number of ether oxygens (including phenoxy) is 2. The van der Waals surface area contributed by atoms with Gasteiger partial charge in [-0.1, -0.05) is 48.6 Å². The maximum atomic E-state index is 16.6. The Balaban J connectivity index is 0.00000253. The fourth-order valence-corrected chi connectivity index (χ4v) is 4.39. The summed E-state index contributed by atoms with van der Waals surface area (Å²) < 4.78 is 28.1. The van der Waals surface area contributed by atoms with Crippen LogP contribution in [0.4, 0.5) is 9.18 Å². The van der Waals surface area contributed by atoms with E-state index in [-0.39, 0.29) is 57.5 Å². The molecule has 4 rings (SSSR count). The van der Waals surface area contributed by atoms with Crippen LogP contribution in [-0.2, 0) is 9.53 Å². The van der Waals surface area contributed by atoms with Gasteiger partial charge in [0, 0.05) is 37.8 Å². The lowest BCUT2D eigenvalue weighted by Gasteiger charge is -2.44. The van der Waals surface area contributed by atoms with Gasteiger partial charge in [0.05, 0.1) is 12.2 Å². The van der Waals surface area contributed by atoms with Crippen LogP contribution in [0.5, 0.6) is 5.75 Å². The van der Waals surface area contributed by atoms with Crippen LogP contribution >= 0.6 is 24.8 Å². The quantitative estimate of drug-likeness (QED) is 0.478. The molecule has 2 aromatic rings. The number of hydrogen-bond acceptors (Lipinski definition) is 5. The minimum Gasteiger partial charge on any atom is -0.490 e. The molecular formula is C28H34Cl2FN3O4. The van der Waals surface area contributed by atoms with Crippen LogP contribution in [0.3, 0.4) is 0 Å². The van der Waals surface area contributed by atoms with Gasteiger partial charge in [0.25, 0.3) is 5.91 Å². The van der Waals surface area contributed by atoms with Gasteiger partial charge in [0.1, 0.15) is 18.0 Å². The van der Waals surface area contributed by atoms with Crippen LogP contribution in [-0.4, -0.2) is 70.3 Å². The third-order valence-corrected chi connectivity index (χ3v) is 6.12. The normalized spacial score (nSPS) is 20.9. The fraction of sp³-hybridized carbons (Fsp3) is 0.393. The number of allylic oxidation sites excluding steroid dienone is 3. The monoisotopic (exact) mass is 565 g/mol. The topological polar surface area (TPSA) is 72.0 Å². The second-order valence-electron chi connectivity index (χ2n) is 9.96. The van der Waals surface area contributed by atoms with E-state index in [1.165, 1.54) is 4.90 Å². The van der Waals surface area contributed by atoms with E-state index in [9.17, 15) is 9.59 Å². The lowest BCUT2D eigenvalue weighted by molar-refractivity contribution is -0.146. The van der Waals surface area contributed by atoms with Gasteiger partial charge in [-0.3, -0.25) is 9.78 Å². The Bertz CT molecular complexity index is 1140. The molecule has 2 atom stereocenters. The number of hydrogen-bond donors (Lipinski definition) is 0. The third-order valence-electron chi connectivity index (χ3n) is 6.12. The molecule has 38 heavy (non-hydrogen) atoms. The molecule has 1 aromatic heterocycles. The van der Waals surface area contributed by atoms with Crippen LogP contribution in [0.25, 0.3) is 5.57 Å². The Kier molecular flexibility index (Phi) is 10.7. The molecule has 2 aliphatic rings. The highest BCUT2D eigenvalue weighted by Crippen LogP contribution is 2.39. The number of carbonyl (C=O) groups is 2. The van der Waals surface area contributed by atoms with E-state index in [2.05, 4.69) is 4.98 Å². The standard InChI is InChI=1S/C28H32FN3O4.2ClH/c1-27(2,3)36-26(34)31-16-17-32(22(19-31)20-35-23-12-9-15-30-18-23)25(33)28(29)14-8-7-13-24(28)21-10-5-4-6-11-21;;/h4-13,15,18,22H,14,16-17,19-20H2,1-3H3;2*1H. The van der Waals surface area contributed by atoms with Gasteiger partial charge in [0.2, 0.25) is 5.67 Å². The molecule has 0 bridgehead atoms. The van der Waals surface area contributed by atoms with Gasteiger partial charge in [-0.05, 0) is 38.5 Å². The van der Waals surface area contributed by atoms with Crippen LogP contribution in [0.1, 0.15) is 32.8 Å². The second kappa shape index (κ2) is 13.1. The van der Waals surface area contributed by atoms with Crippen LogP contribution in [0.2, 0.25) is 0 Å². The van der Waals surface area contributed by atoms with Crippen molar-refractivity contribution in [1.82, 2.24) is 14.8 Å². The first-order valence-electron chi connectivity index (χ1n) is 12.1. The highest BCUT2D eigenvalue weighted by atomic mass is 35.5. The molecule has 7 nitrogen and oxygen atoms in total. The zero-order valence-corrected chi connectivity index (χ0v) is 23.3. The maximum absolute atomic E-state index is 16.6. The van der Waals surface area contributed by atoms with Gasteiger partial charge in [0.15, 0.2) is 0 Å². The molecule has 2 unspecified atom stereocenters. The minimum absolute atomic E-state index is 0. The number of carbonyl (C=O) groups excluding carboxylic acids is 2. The Morgan fingerprint density at radius 1 is 1.11 bits per heavy atom. The number of pyridine rings is 1. The van der Waals surface area contributed by atoms with E-state index in [4.69, 9.17) is 9.47 Å². The molecule has 10 heteroatoms. The molecule has 1 aliphatic heterocycles. The molecule has 0 N–H and O–H groups in total. The summed E-state index contributed by atoms with van der Waals surface area (Å²) in [5.74, 6) is -0.106. The number of benzene rings is 1. The number of amides is 2. The van der Waals surface area contributed by atoms with Crippen molar-refractivity contribution >= 4 is 42.4 Å². The van der Waals surface area contributed by atoms with Crippen LogP contribution in [0, 0.1) is 0 Å². The van der Waals surface area contributed by atoms with Gasteiger partial charge in [-0.2, -0.15) is 0 Å². The lowest BCUT2D eigenvalue weighted by Crippen LogP contribution is -2.62. The summed E-state index contributed by atoms with van der Waals surface area (Å²) >= 11 is 0. The number of halogens is 3. The maximum Gasteiger partial charge on any atom is 0.410 e. The molecule has 0 spiro atoms. The van der Waals surface area contributed by atoms with E-state index >= 15 is 4.39 Å². The summed E-state index contributed by atoms with van der Waals surface area (Å²) in [6, 6.07) is 12.0. The van der Waals surface area contributed by atoms with Gasteiger partial charge < -0.3 is 19.3 Å². The average Bonchev–Trinajstić information content (AvgIpc) is 2.87. The highest BCUT2D eigenvalue weighted by Gasteiger charge is 2.48. The average molecular weight is 567 g/mol. The summed E-state index contributed by atoms with van der Waals surface area (Å²) in [5.41, 5.74) is -1.89. The largest absolute Gasteiger partial charge is 0.490 e. The Morgan fingerprint density at radius 3 is 2.50 bits per heavy atom. The summed E-state index contributed by atoms with van der Waals surface area (Å²) in [6.07, 6.45) is 7.78. The number of nitrogens with zero attached hydrogens (tertiary/aromatic N) is 3. The molecule has 2 amide bonds. The minimum atomic E-state index is -2.23. The van der Waals surface area contributed by atoms with E-state index < -0.39 is 29.3 Å². The Hall–Kier alpha value is -3.10. The van der Waals surface area contributed by atoms with E-state index in [0.29, 0.717) is 16.9 Å². The number of aromatic nitrogens is 1. The molecule has 1 aliphatic carbocycles. The molecular weight excluding hydrogens is 532 g/mol. The third kappa shape index (κ3) is 7.26. The van der Waals surface area contributed by atoms with Crippen molar-refractivity contribution < 1.29 is 23.5 Å². The van der Waals surface area contributed by atoms with Gasteiger partial charge >= 0.3 is 6.09 Å². The van der Waals surface area contributed by atoms with Crippen molar-refractivity contribution in [3.8, 4) is 5.75 Å². The molecule has 206 valence electrons. The van der Waals surface area contributed by atoms with Crippen molar-refractivity contribution in [1.29, 1.82) is 0 Å². The lowest BCUT2D eigenvalue weighted by atomic mass is 9.82. The number of alkyl halides is 1. The predicted molar refractivity (Wildman–Crippen MR) is 150 cm³/mol. The van der Waals surface area contributed by atoms with E-state index in [1.54, 1.807) is 80.6 Å². The highest BCUT2D eigenvalue weighted by molar-refractivity contribution is 6.01. The first kappa shape index (κ1) is 31.1. The fourth-order valence-electron chi connectivity index (χ4n) is 4.39. The van der Waals surface area contributed by atoms with Crippen molar-refractivity contribution in [2.75, 3.05) is 26.2 Å². The van der Waals surface area contributed by atoms with Crippen LogP contribution < -0.4 is 4.74 Å². The van der Waals surface area contributed by atoms with Crippen molar-refractivity contribution in [3.63, 3.8) is 0 Å². The molecule has 2 heterocycles. The van der Waals surface area contributed by atoms with Gasteiger partial charge in [-0.25, -0.2) is 9.18 Å². The zero-order valence-electron chi connectivity index (χ0n) is 21.7. The molecule has 0 radical (unpaired) electrons. The first-order valence-corrected chi connectivity index (χ1v) is 12.1. The molecule has 1 aromatic carbocycles. The Labute approximate surface area is 235 Å². The first-order chi connectivity index (χ1) is 17.2. The van der Waals surface area contributed by atoms with Crippen LogP contribution in [0.15, 0.2) is 73.1 Å². The van der Waals surface area contributed by atoms with Crippen molar-refractivity contribution in [2.45, 2.75) is 44.5 Å². The molecule has 0 saturated carbocycles. The second-order valence-corrected chi connectivity index (χ2v) is 9.96.